The zero-order valence-corrected chi connectivity index (χ0v) is 17.1. The summed E-state index contributed by atoms with van der Waals surface area (Å²) >= 11 is 0. The van der Waals surface area contributed by atoms with Crippen LogP contribution in [0.15, 0.2) is 18.2 Å². The molecule has 0 bridgehead atoms. The summed E-state index contributed by atoms with van der Waals surface area (Å²) in [7, 11) is 1.67. The zero-order valence-electron chi connectivity index (χ0n) is 17.1. The van der Waals surface area contributed by atoms with Crippen molar-refractivity contribution in [3.8, 4) is 5.75 Å². The number of carbonyl (C=O) groups is 1. The second-order valence-corrected chi connectivity index (χ2v) is 8.15. The number of rotatable bonds is 3. The molecule has 0 unspecified atom stereocenters. The topological polar surface area (TPSA) is 58.6 Å². The lowest BCUT2D eigenvalue weighted by atomic mass is 9.94. The van der Waals surface area contributed by atoms with Gasteiger partial charge >= 0.3 is 0 Å². The first kappa shape index (κ1) is 19.0. The molecule has 2 atom stereocenters. The molecular formula is C22H30N4O2. The van der Waals surface area contributed by atoms with Gasteiger partial charge in [0.05, 0.1) is 24.2 Å². The van der Waals surface area contributed by atoms with Crippen molar-refractivity contribution in [2.45, 2.75) is 52.0 Å². The van der Waals surface area contributed by atoms with Crippen LogP contribution >= 0.6 is 0 Å². The number of fused-ring (bicyclic) bond motifs is 1. The largest absolute Gasteiger partial charge is 0.497 e. The molecule has 1 aromatic heterocycles. The summed E-state index contributed by atoms with van der Waals surface area (Å²) < 4.78 is 5.35. The second kappa shape index (κ2) is 7.94. The van der Waals surface area contributed by atoms with Gasteiger partial charge in [-0.2, -0.15) is 0 Å². The Morgan fingerprint density at radius 3 is 2.79 bits per heavy atom. The predicted molar refractivity (Wildman–Crippen MR) is 111 cm³/mol. The van der Waals surface area contributed by atoms with Gasteiger partial charge in [-0.05, 0) is 58.1 Å². The van der Waals surface area contributed by atoms with E-state index in [0.29, 0.717) is 18.5 Å². The van der Waals surface area contributed by atoms with Crippen LogP contribution in [0.4, 0.5) is 5.95 Å². The van der Waals surface area contributed by atoms with Crippen LogP contribution in [-0.4, -0.2) is 53.6 Å². The Hall–Kier alpha value is -2.37. The van der Waals surface area contributed by atoms with E-state index in [-0.39, 0.29) is 5.92 Å². The van der Waals surface area contributed by atoms with Crippen molar-refractivity contribution in [2.75, 3.05) is 31.6 Å². The van der Waals surface area contributed by atoms with Gasteiger partial charge in [-0.15, -0.1) is 0 Å². The fraction of sp³-hybridized carbons (Fsp3) is 0.591. The summed E-state index contributed by atoms with van der Waals surface area (Å²) in [6.45, 7) is 6.70. The molecule has 1 aromatic carbocycles. The Kier molecular flexibility index (Phi) is 5.38. The maximum absolute atomic E-state index is 13.1. The molecular weight excluding hydrogens is 352 g/mol. The van der Waals surface area contributed by atoms with Crippen LogP contribution in [0.5, 0.6) is 5.75 Å². The fourth-order valence-electron chi connectivity index (χ4n) is 4.54. The molecule has 0 saturated carbocycles. The molecule has 1 amide bonds. The number of carbonyl (C=O) groups excluding carboxylic acids is 1. The average Bonchev–Trinajstić information content (AvgIpc) is 2.73. The Morgan fingerprint density at radius 1 is 1.14 bits per heavy atom. The summed E-state index contributed by atoms with van der Waals surface area (Å²) in [4.78, 5) is 27.0. The van der Waals surface area contributed by atoms with Crippen LogP contribution in [0.25, 0.3) is 10.9 Å². The summed E-state index contributed by atoms with van der Waals surface area (Å²) in [6, 6.07) is 6.26. The average molecular weight is 383 g/mol. The molecule has 2 saturated heterocycles. The van der Waals surface area contributed by atoms with Crippen LogP contribution in [0.3, 0.4) is 0 Å². The molecule has 0 radical (unpaired) electrons. The number of amides is 1. The summed E-state index contributed by atoms with van der Waals surface area (Å²) in [5.41, 5.74) is 1.85. The minimum atomic E-state index is 0.0409. The Labute approximate surface area is 166 Å². The maximum Gasteiger partial charge on any atom is 0.227 e. The van der Waals surface area contributed by atoms with E-state index in [1.54, 1.807) is 7.11 Å². The Bertz CT molecular complexity index is 869. The summed E-state index contributed by atoms with van der Waals surface area (Å²) in [5, 5.41) is 1.04. The number of methoxy groups -OCH3 is 1. The maximum atomic E-state index is 13.1. The standard InChI is InChI=1S/C22H30N4O2/c1-15-7-4-5-12-26(15)21(27)17-8-6-11-25(14-17)22-23-16(2)19-10-9-18(28-3)13-20(19)24-22/h9-10,13,15,17H,4-8,11-12,14H2,1-3H3/t15-,17-/m1/s1. The molecule has 0 N–H and O–H groups in total. The number of ether oxygens (including phenoxy) is 1. The smallest absolute Gasteiger partial charge is 0.227 e. The molecule has 6 nitrogen and oxygen atoms in total. The number of aryl methyl sites for hydroxylation is 1. The van der Waals surface area contributed by atoms with Gasteiger partial charge in [0.2, 0.25) is 11.9 Å². The molecule has 2 fully saturated rings. The highest BCUT2D eigenvalue weighted by Gasteiger charge is 2.33. The highest BCUT2D eigenvalue weighted by molar-refractivity contribution is 5.83. The first-order valence-corrected chi connectivity index (χ1v) is 10.4. The molecule has 28 heavy (non-hydrogen) atoms. The Balaban J connectivity index is 1.56. The van der Waals surface area contributed by atoms with Gasteiger partial charge in [0, 0.05) is 37.1 Å². The van der Waals surface area contributed by atoms with E-state index < -0.39 is 0 Å². The lowest BCUT2D eigenvalue weighted by Crippen LogP contribution is -2.49. The number of piperidine rings is 2. The first-order valence-electron chi connectivity index (χ1n) is 10.4. The lowest BCUT2D eigenvalue weighted by molar-refractivity contribution is -0.139. The van der Waals surface area contributed by atoms with Crippen LogP contribution in [-0.2, 0) is 4.79 Å². The van der Waals surface area contributed by atoms with Crippen molar-refractivity contribution in [1.29, 1.82) is 0 Å². The van der Waals surface area contributed by atoms with E-state index in [4.69, 9.17) is 14.7 Å². The third kappa shape index (κ3) is 3.64. The predicted octanol–water partition coefficient (Wildman–Crippen LogP) is 3.56. The molecule has 2 aliphatic rings. The highest BCUT2D eigenvalue weighted by Crippen LogP contribution is 2.28. The van der Waals surface area contributed by atoms with Gasteiger partial charge in [-0.3, -0.25) is 4.79 Å². The number of hydrogen-bond donors (Lipinski definition) is 0. The van der Waals surface area contributed by atoms with Crippen molar-refractivity contribution in [1.82, 2.24) is 14.9 Å². The van der Waals surface area contributed by atoms with Gasteiger partial charge in [0.25, 0.3) is 0 Å². The van der Waals surface area contributed by atoms with Crippen molar-refractivity contribution in [3.63, 3.8) is 0 Å². The van der Waals surface area contributed by atoms with Crippen LogP contribution in [0, 0.1) is 12.8 Å². The summed E-state index contributed by atoms with van der Waals surface area (Å²) in [5.74, 6) is 1.88. The quantitative estimate of drug-likeness (QED) is 0.812. The third-order valence-corrected chi connectivity index (χ3v) is 6.22. The monoisotopic (exact) mass is 382 g/mol. The number of aromatic nitrogens is 2. The molecule has 3 heterocycles. The van der Waals surface area contributed by atoms with Crippen molar-refractivity contribution >= 4 is 22.8 Å². The molecule has 150 valence electrons. The van der Waals surface area contributed by atoms with Crippen molar-refractivity contribution in [2.24, 2.45) is 5.92 Å². The molecule has 0 spiro atoms. The van der Waals surface area contributed by atoms with Gasteiger partial charge < -0.3 is 14.5 Å². The first-order chi connectivity index (χ1) is 13.6. The van der Waals surface area contributed by atoms with Crippen LogP contribution in [0.2, 0.25) is 0 Å². The number of anilines is 1. The third-order valence-electron chi connectivity index (χ3n) is 6.22. The van der Waals surface area contributed by atoms with Crippen LogP contribution in [0.1, 0.15) is 44.7 Å². The normalized spacial score (nSPS) is 23.1. The fourth-order valence-corrected chi connectivity index (χ4v) is 4.54. The van der Waals surface area contributed by atoms with Gasteiger partial charge in [-0.1, -0.05) is 0 Å². The van der Waals surface area contributed by atoms with E-state index in [0.717, 1.165) is 67.1 Å². The van der Waals surface area contributed by atoms with Gasteiger partial charge in [0.1, 0.15) is 5.75 Å². The molecule has 2 aromatic rings. The number of benzene rings is 1. The molecule has 4 rings (SSSR count). The SMILES string of the molecule is COc1ccc2c(C)nc(N3CCC[C@@H](C(=O)N4CCCC[C@H]4C)C3)nc2c1. The number of likely N-dealkylation sites (tertiary alicyclic amines) is 1. The number of nitrogens with zero attached hydrogens (tertiary/aromatic N) is 4. The van der Waals surface area contributed by atoms with Crippen molar-refractivity contribution < 1.29 is 9.53 Å². The Morgan fingerprint density at radius 2 is 2.00 bits per heavy atom. The van der Waals surface area contributed by atoms with Gasteiger partial charge in [-0.25, -0.2) is 9.97 Å². The second-order valence-electron chi connectivity index (χ2n) is 8.15. The van der Waals surface area contributed by atoms with Crippen LogP contribution < -0.4 is 9.64 Å². The highest BCUT2D eigenvalue weighted by atomic mass is 16.5. The van der Waals surface area contributed by atoms with Gasteiger partial charge in [0.15, 0.2) is 0 Å². The molecule has 2 aliphatic heterocycles. The van der Waals surface area contributed by atoms with E-state index in [9.17, 15) is 4.79 Å². The van der Waals surface area contributed by atoms with E-state index >= 15 is 0 Å². The number of hydrogen-bond acceptors (Lipinski definition) is 5. The summed E-state index contributed by atoms with van der Waals surface area (Å²) in [6.07, 6.45) is 5.43. The van der Waals surface area contributed by atoms with E-state index in [2.05, 4.69) is 16.7 Å². The lowest BCUT2D eigenvalue weighted by Gasteiger charge is -2.39. The minimum Gasteiger partial charge on any atom is -0.497 e. The molecule has 0 aliphatic carbocycles. The van der Waals surface area contributed by atoms with E-state index in [1.807, 2.05) is 25.1 Å². The molecule has 6 heteroatoms. The minimum absolute atomic E-state index is 0.0409. The van der Waals surface area contributed by atoms with E-state index in [1.165, 1.54) is 6.42 Å². The van der Waals surface area contributed by atoms with Crippen molar-refractivity contribution in [3.05, 3.63) is 23.9 Å². The zero-order chi connectivity index (χ0) is 19.7.